The second-order valence-electron chi connectivity index (χ2n) is 4.72. The molecule has 4 N–H and O–H groups in total. The molecule has 0 radical (unpaired) electrons. The SMILES string of the molecule is COc1ccc(NC(=S)Nc2ccc(S(N)(=O)=O)cc2)cc1OC. The highest BCUT2D eigenvalue weighted by atomic mass is 32.2. The Labute approximate surface area is 145 Å². The molecular weight excluding hydrogens is 350 g/mol. The quantitative estimate of drug-likeness (QED) is 0.696. The van der Waals surface area contributed by atoms with Crippen LogP contribution in [0.15, 0.2) is 47.4 Å². The van der Waals surface area contributed by atoms with Crippen molar-refractivity contribution in [2.75, 3.05) is 24.9 Å². The van der Waals surface area contributed by atoms with E-state index in [9.17, 15) is 8.42 Å². The molecule has 0 unspecified atom stereocenters. The molecule has 0 aromatic heterocycles. The van der Waals surface area contributed by atoms with Gasteiger partial charge in [-0.15, -0.1) is 0 Å². The first kappa shape index (κ1) is 18.0. The van der Waals surface area contributed by atoms with Crippen molar-refractivity contribution in [3.63, 3.8) is 0 Å². The number of sulfonamides is 1. The molecule has 0 aliphatic carbocycles. The van der Waals surface area contributed by atoms with Crippen LogP contribution in [-0.2, 0) is 10.0 Å². The molecule has 24 heavy (non-hydrogen) atoms. The predicted molar refractivity (Wildman–Crippen MR) is 97.2 cm³/mol. The van der Waals surface area contributed by atoms with Gasteiger partial charge in [-0.1, -0.05) is 0 Å². The van der Waals surface area contributed by atoms with Gasteiger partial charge in [0.1, 0.15) is 0 Å². The summed E-state index contributed by atoms with van der Waals surface area (Å²) < 4.78 is 32.8. The minimum absolute atomic E-state index is 0.0341. The number of hydrogen-bond acceptors (Lipinski definition) is 5. The van der Waals surface area contributed by atoms with Gasteiger partial charge < -0.3 is 20.1 Å². The molecule has 2 rings (SSSR count). The lowest BCUT2D eigenvalue weighted by molar-refractivity contribution is 0.355. The van der Waals surface area contributed by atoms with Crippen LogP contribution in [0.4, 0.5) is 11.4 Å². The van der Waals surface area contributed by atoms with Crippen LogP contribution >= 0.6 is 12.2 Å². The van der Waals surface area contributed by atoms with Crippen molar-refractivity contribution in [3.8, 4) is 11.5 Å². The molecule has 0 atom stereocenters. The van der Waals surface area contributed by atoms with E-state index >= 15 is 0 Å². The van der Waals surface area contributed by atoms with E-state index in [1.165, 1.54) is 12.1 Å². The Balaban J connectivity index is 2.05. The number of rotatable bonds is 5. The molecule has 0 fully saturated rings. The molecule has 9 heteroatoms. The number of anilines is 2. The molecular formula is C15H17N3O4S2. The summed E-state index contributed by atoms with van der Waals surface area (Å²) in [4.78, 5) is 0.0341. The van der Waals surface area contributed by atoms with Gasteiger partial charge in [0.2, 0.25) is 10.0 Å². The minimum atomic E-state index is -3.71. The molecule has 0 amide bonds. The highest BCUT2D eigenvalue weighted by molar-refractivity contribution is 7.89. The predicted octanol–water partition coefficient (Wildman–Crippen LogP) is 2.16. The van der Waals surface area contributed by atoms with Gasteiger partial charge in [-0.25, -0.2) is 13.6 Å². The van der Waals surface area contributed by atoms with Crippen molar-refractivity contribution in [2.24, 2.45) is 5.14 Å². The van der Waals surface area contributed by atoms with Crippen LogP contribution in [0.5, 0.6) is 11.5 Å². The maximum atomic E-state index is 11.2. The van der Waals surface area contributed by atoms with Crippen molar-refractivity contribution >= 4 is 38.7 Å². The number of thiocarbonyl (C=S) groups is 1. The fourth-order valence-corrected chi connectivity index (χ4v) is 2.69. The third-order valence-corrected chi connectivity index (χ3v) is 4.22. The Morgan fingerprint density at radius 3 is 2.04 bits per heavy atom. The number of benzene rings is 2. The van der Waals surface area contributed by atoms with Gasteiger partial charge in [-0.3, -0.25) is 0 Å². The van der Waals surface area contributed by atoms with E-state index in [0.29, 0.717) is 28.0 Å². The summed E-state index contributed by atoms with van der Waals surface area (Å²) in [5.41, 5.74) is 1.34. The molecule has 0 aliphatic heterocycles. The molecule has 2 aromatic carbocycles. The van der Waals surface area contributed by atoms with Crippen molar-refractivity contribution in [1.29, 1.82) is 0 Å². The van der Waals surface area contributed by atoms with Gasteiger partial charge >= 0.3 is 0 Å². The summed E-state index contributed by atoms with van der Waals surface area (Å²) in [7, 11) is -0.608. The highest BCUT2D eigenvalue weighted by Gasteiger charge is 2.08. The first-order chi connectivity index (χ1) is 11.3. The lowest BCUT2D eigenvalue weighted by Gasteiger charge is -2.13. The normalized spacial score (nSPS) is 10.8. The van der Waals surface area contributed by atoms with E-state index in [4.69, 9.17) is 26.8 Å². The van der Waals surface area contributed by atoms with E-state index in [-0.39, 0.29) is 4.90 Å². The first-order valence-electron chi connectivity index (χ1n) is 6.76. The second kappa shape index (κ2) is 7.47. The van der Waals surface area contributed by atoms with Crippen LogP contribution in [-0.4, -0.2) is 27.7 Å². The van der Waals surface area contributed by atoms with Gasteiger partial charge in [0.25, 0.3) is 0 Å². The minimum Gasteiger partial charge on any atom is -0.493 e. The van der Waals surface area contributed by atoms with E-state index in [1.807, 2.05) is 0 Å². The summed E-state index contributed by atoms with van der Waals surface area (Å²) in [6, 6.07) is 11.2. The van der Waals surface area contributed by atoms with Gasteiger partial charge in [-0.2, -0.15) is 0 Å². The third-order valence-electron chi connectivity index (χ3n) is 3.08. The Hall–Kier alpha value is -2.36. The molecule has 128 valence electrons. The van der Waals surface area contributed by atoms with Crippen LogP contribution in [0.1, 0.15) is 0 Å². The summed E-state index contributed by atoms with van der Waals surface area (Å²) in [6.45, 7) is 0. The Kier molecular flexibility index (Phi) is 5.60. The van der Waals surface area contributed by atoms with E-state index in [0.717, 1.165) is 0 Å². The summed E-state index contributed by atoms with van der Waals surface area (Å²) in [6.07, 6.45) is 0. The van der Waals surface area contributed by atoms with Crippen LogP contribution in [0.3, 0.4) is 0 Å². The van der Waals surface area contributed by atoms with Crippen LogP contribution in [0, 0.1) is 0 Å². The van der Waals surface area contributed by atoms with Gasteiger partial charge in [-0.05, 0) is 48.6 Å². The first-order valence-corrected chi connectivity index (χ1v) is 8.72. The van der Waals surface area contributed by atoms with E-state index in [1.54, 1.807) is 44.6 Å². The molecule has 0 spiro atoms. The van der Waals surface area contributed by atoms with E-state index < -0.39 is 10.0 Å². The molecule has 7 nitrogen and oxygen atoms in total. The summed E-state index contributed by atoms with van der Waals surface area (Å²) in [5, 5.41) is 11.3. The Morgan fingerprint density at radius 1 is 0.958 bits per heavy atom. The topological polar surface area (TPSA) is 103 Å². The van der Waals surface area contributed by atoms with Crippen molar-refractivity contribution in [1.82, 2.24) is 0 Å². The van der Waals surface area contributed by atoms with Crippen molar-refractivity contribution in [2.45, 2.75) is 4.90 Å². The largest absolute Gasteiger partial charge is 0.493 e. The molecule has 2 aromatic rings. The zero-order valence-electron chi connectivity index (χ0n) is 13.1. The van der Waals surface area contributed by atoms with Crippen LogP contribution in [0.2, 0.25) is 0 Å². The molecule has 0 saturated carbocycles. The van der Waals surface area contributed by atoms with Crippen LogP contribution in [0.25, 0.3) is 0 Å². The number of ether oxygens (including phenoxy) is 2. The summed E-state index contributed by atoms with van der Waals surface area (Å²) in [5.74, 6) is 1.18. The lowest BCUT2D eigenvalue weighted by Crippen LogP contribution is -2.19. The van der Waals surface area contributed by atoms with Gasteiger partial charge in [0.05, 0.1) is 19.1 Å². The smallest absolute Gasteiger partial charge is 0.238 e. The standard InChI is InChI=1S/C15H17N3O4S2/c1-21-13-8-5-11(9-14(13)22-2)18-15(23)17-10-3-6-12(7-4-10)24(16,19)20/h3-9H,1-2H3,(H2,16,19,20)(H2,17,18,23). The van der Waals surface area contributed by atoms with Crippen molar-refractivity contribution in [3.05, 3.63) is 42.5 Å². The molecule has 0 aliphatic rings. The fourth-order valence-electron chi connectivity index (χ4n) is 1.94. The Morgan fingerprint density at radius 2 is 1.50 bits per heavy atom. The van der Waals surface area contributed by atoms with E-state index in [2.05, 4.69) is 10.6 Å². The van der Waals surface area contributed by atoms with Gasteiger partial charge in [0, 0.05) is 17.4 Å². The average Bonchev–Trinajstić information content (AvgIpc) is 2.54. The Bertz CT molecular complexity index is 836. The monoisotopic (exact) mass is 367 g/mol. The number of hydrogen-bond donors (Lipinski definition) is 3. The summed E-state index contributed by atoms with van der Waals surface area (Å²) >= 11 is 5.23. The second-order valence-corrected chi connectivity index (χ2v) is 6.69. The molecule has 0 saturated heterocycles. The van der Waals surface area contributed by atoms with Gasteiger partial charge in [0.15, 0.2) is 16.6 Å². The molecule has 0 heterocycles. The molecule has 0 bridgehead atoms. The fraction of sp³-hybridized carbons (Fsp3) is 0.133. The number of primary sulfonamides is 1. The maximum absolute atomic E-state index is 11.2. The zero-order valence-corrected chi connectivity index (χ0v) is 14.7. The maximum Gasteiger partial charge on any atom is 0.238 e. The lowest BCUT2D eigenvalue weighted by atomic mass is 10.2. The number of nitrogens with two attached hydrogens (primary N) is 1. The number of methoxy groups -OCH3 is 2. The average molecular weight is 367 g/mol. The zero-order chi connectivity index (χ0) is 17.7. The number of nitrogens with one attached hydrogen (secondary N) is 2. The van der Waals surface area contributed by atoms with Crippen LogP contribution < -0.4 is 25.2 Å². The third kappa shape index (κ3) is 4.57. The van der Waals surface area contributed by atoms with Crippen molar-refractivity contribution < 1.29 is 17.9 Å². The highest BCUT2D eigenvalue weighted by Crippen LogP contribution is 2.29.